The Labute approximate surface area is 181 Å². The van der Waals surface area contributed by atoms with Crippen LogP contribution in [0.1, 0.15) is 56.3 Å². The molecule has 1 saturated heterocycles. The van der Waals surface area contributed by atoms with Crippen molar-refractivity contribution in [3.05, 3.63) is 64.5 Å². The second-order valence-corrected chi connectivity index (χ2v) is 7.25. The van der Waals surface area contributed by atoms with Gasteiger partial charge in [-0.15, -0.1) is 0 Å². The van der Waals surface area contributed by atoms with Crippen molar-refractivity contribution >= 4 is 17.8 Å². The van der Waals surface area contributed by atoms with Crippen LogP contribution in [0, 0.1) is 11.3 Å². The lowest BCUT2D eigenvalue weighted by Crippen LogP contribution is -2.38. The topological polar surface area (TPSA) is 138 Å². The molecule has 1 aromatic heterocycles. The largest absolute Gasteiger partial charge is 0.416 e. The molecule has 1 fully saturated rings. The third kappa shape index (κ3) is 5.03. The number of guanidine groups is 1. The zero-order chi connectivity index (χ0) is 23.5. The number of carbonyl (C=O) groups is 2. The van der Waals surface area contributed by atoms with Crippen molar-refractivity contribution in [1.82, 2.24) is 9.88 Å². The van der Waals surface area contributed by atoms with Crippen LogP contribution in [0.2, 0.25) is 0 Å². The highest BCUT2D eigenvalue weighted by Crippen LogP contribution is 2.39. The average molecular weight is 444 g/mol. The molecule has 2 amide bonds. The van der Waals surface area contributed by atoms with Crippen LogP contribution in [0.4, 0.5) is 13.2 Å². The zero-order valence-electron chi connectivity index (χ0n) is 16.8. The molecule has 1 aliphatic heterocycles. The van der Waals surface area contributed by atoms with E-state index in [1.165, 1.54) is 30.5 Å². The molecule has 8 nitrogen and oxygen atoms in total. The molecule has 4 N–H and O–H groups in total. The summed E-state index contributed by atoms with van der Waals surface area (Å²) in [5.41, 5.74) is 9.62. The summed E-state index contributed by atoms with van der Waals surface area (Å²) in [6, 6.07) is 8.08. The molecule has 0 spiro atoms. The number of hydrogen-bond acceptors (Lipinski definition) is 4. The molecule has 0 radical (unpaired) electrons. The van der Waals surface area contributed by atoms with E-state index in [-0.39, 0.29) is 35.8 Å². The number of alkyl halides is 3. The summed E-state index contributed by atoms with van der Waals surface area (Å²) in [6.45, 7) is 0.519. The van der Waals surface area contributed by atoms with Gasteiger partial charge in [-0.2, -0.15) is 23.4 Å². The van der Waals surface area contributed by atoms with Gasteiger partial charge in [0, 0.05) is 24.8 Å². The highest BCUT2D eigenvalue weighted by Gasteiger charge is 2.37. The van der Waals surface area contributed by atoms with Gasteiger partial charge in [0.1, 0.15) is 11.8 Å². The smallest absolute Gasteiger partial charge is 0.370 e. The number of piperidine rings is 1. The summed E-state index contributed by atoms with van der Waals surface area (Å²) in [6.07, 6.45) is -2.73. The molecule has 166 valence electrons. The molecule has 2 heterocycles. The van der Waals surface area contributed by atoms with Crippen LogP contribution in [0.25, 0.3) is 0 Å². The van der Waals surface area contributed by atoms with Crippen LogP contribution in [0.3, 0.4) is 0 Å². The highest BCUT2D eigenvalue weighted by atomic mass is 19.4. The van der Waals surface area contributed by atoms with Crippen LogP contribution >= 0.6 is 0 Å². The number of nitriles is 1. The van der Waals surface area contributed by atoms with Gasteiger partial charge in [0.2, 0.25) is 0 Å². The third-order valence-corrected chi connectivity index (χ3v) is 5.18. The van der Waals surface area contributed by atoms with E-state index in [1.807, 2.05) is 6.07 Å². The number of nitrogens with zero attached hydrogens (tertiary/aromatic N) is 4. The van der Waals surface area contributed by atoms with Gasteiger partial charge >= 0.3 is 6.18 Å². The van der Waals surface area contributed by atoms with E-state index in [0.717, 1.165) is 6.07 Å². The Morgan fingerprint density at radius 1 is 1.12 bits per heavy atom. The van der Waals surface area contributed by atoms with Gasteiger partial charge in [0.05, 0.1) is 11.1 Å². The summed E-state index contributed by atoms with van der Waals surface area (Å²) in [5.74, 6) is -2.24. The van der Waals surface area contributed by atoms with Crippen LogP contribution in [-0.4, -0.2) is 40.7 Å². The fourth-order valence-corrected chi connectivity index (χ4v) is 3.64. The minimum atomic E-state index is -4.68. The normalized spacial score (nSPS) is 14.5. The molecule has 0 saturated carbocycles. The Morgan fingerprint density at radius 2 is 1.78 bits per heavy atom. The number of halogens is 3. The van der Waals surface area contributed by atoms with Crippen molar-refractivity contribution in [2.45, 2.75) is 24.9 Å². The number of hydrogen-bond donors (Lipinski definition) is 2. The number of rotatable bonds is 3. The summed E-state index contributed by atoms with van der Waals surface area (Å²) >= 11 is 0. The molecule has 1 aliphatic rings. The van der Waals surface area contributed by atoms with E-state index in [4.69, 9.17) is 16.7 Å². The lowest BCUT2D eigenvalue weighted by molar-refractivity contribution is -0.138. The summed E-state index contributed by atoms with van der Waals surface area (Å²) in [5, 5.41) is 8.79. The minimum Gasteiger partial charge on any atom is -0.370 e. The molecule has 0 atom stereocenters. The maximum Gasteiger partial charge on any atom is 0.416 e. The van der Waals surface area contributed by atoms with Crippen LogP contribution in [-0.2, 0) is 6.18 Å². The molecule has 0 bridgehead atoms. The first kappa shape index (κ1) is 22.7. The zero-order valence-corrected chi connectivity index (χ0v) is 16.8. The first-order valence-electron chi connectivity index (χ1n) is 9.60. The van der Waals surface area contributed by atoms with Gasteiger partial charge in [-0.25, -0.2) is 4.98 Å². The number of aromatic nitrogens is 1. The minimum absolute atomic E-state index is 0.0610. The molecule has 3 rings (SSSR count). The van der Waals surface area contributed by atoms with Crippen molar-refractivity contribution in [3.63, 3.8) is 0 Å². The van der Waals surface area contributed by atoms with Crippen LogP contribution in [0.5, 0.6) is 0 Å². The van der Waals surface area contributed by atoms with Gasteiger partial charge < -0.3 is 16.4 Å². The van der Waals surface area contributed by atoms with Crippen molar-refractivity contribution in [2.24, 2.45) is 16.5 Å². The number of pyridine rings is 1. The SMILES string of the molecule is N#Cc1ccc(C(=O)N2CCC(c3ccc(C(=O)N=C(N)N)cc3C(F)(F)F)CC2)cn1. The van der Waals surface area contributed by atoms with Crippen molar-refractivity contribution < 1.29 is 22.8 Å². The quantitative estimate of drug-likeness (QED) is 0.551. The number of aliphatic imine (C=N–C) groups is 1. The third-order valence-electron chi connectivity index (χ3n) is 5.18. The lowest BCUT2D eigenvalue weighted by atomic mass is 9.85. The monoisotopic (exact) mass is 444 g/mol. The fourth-order valence-electron chi connectivity index (χ4n) is 3.64. The Morgan fingerprint density at radius 3 is 2.31 bits per heavy atom. The number of likely N-dealkylation sites (tertiary alicyclic amines) is 1. The van der Waals surface area contributed by atoms with Crippen molar-refractivity contribution in [2.75, 3.05) is 13.1 Å². The first-order chi connectivity index (χ1) is 15.1. The van der Waals surface area contributed by atoms with E-state index in [9.17, 15) is 22.8 Å². The average Bonchev–Trinajstić information content (AvgIpc) is 2.77. The number of benzene rings is 1. The first-order valence-corrected chi connectivity index (χ1v) is 9.60. The lowest BCUT2D eigenvalue weighted by Gasteiger charge is -2.33. The number of nitrogens with two attached hydrogens (primary N) is 2. The van der Waals surface area contributed by atoms with Crippen LogP contribution < -0.4 is 11.5 Å². The molecule has 1 aromatic carbocycles. The number of amides is 2. The summed E-state index contributed by atoms with van der Waals surface area (Å²) in [4.78, 5) is 33.3. The molecular weight excluding hydrogens is 425 g/mol. The van der Waals surface area contributed by atoms with E-state index >= 15 is 0 Å². The predicted molar refractivity (Wildman–Crippen MR) is 108 cm³/mol. The number of carbonyl (C=O) groups excluding carboxylic acids is 2. The Kier molecular flexibility index (Phi) is 6.43. The highest BCUT2D eigenvalue weighted by molar-refractivity contribution is 6.02. The fraction of sp³-hybridized carbons (Fsp3) is 0.286. The summed E-state index contributed by atoms with van der Waals surface area (Å²) < 4.78 is 41.1. The second-order valence-electron chi connectivity index (χ2n) is 7.25. The maximum atomic E-state index is 13.7. The Balaban J connectivity index is 1.78. The van der Waals surface area contributed by atoms with Crippen molar-refractivity contribution in [3.8, 4) is 6.07 Å². The molecule has 0 aliphatic carbocycles. The van der Waals surface area contributed by atoms with Gasteiger partial charge in [0.25, 0.3) is 11.8 Å². The van der Waals surface area contributed by atoms with Crippen LogP contribution in [0.15, 0.2) is 41.5 Å². The van der Waals surface area contributed by atoms with Gasteiger partial charge in [-0.3, -0.25) is 9.59 Å². The molecule has 2 aromatic rings. The van der Waals surface area contributed by atoms with Crippen molar-refractivity contribution in [1.29, 1.82) is 5.26 Å². The molecular formula is C21H19F3N6O2. The van der Waals surface area contributed by atoms with E-state index in [2.05, 4.69) is 9.98 Å². The standard InChI is InChI=1S/C21H19F3N6O2/c22-21(23,24)17-9-13(18(31)29-20(26)27)2-4-16(17)12-5-7-30(8-6-12)19(32)14-1-3-15(10-25)28-11-14/h1-4,9,11-12H,5-8H2,(H4,26,27,29,31). The molecule has 32 heavy (non-hydrogen) atoms. The molecule has 11 heteroatoms. The summed E-state index contributed by atoms with van der Waals surface area (Å²) in [7, 11) is 0. The second kappa shape index (κ2) is 9.05. The van der Waals surface area contributed by atoms with Gasteiger partial charge in [-0.05, 0) is 48.6 Å². The van der Waals surface area contributed by atoms with E-state index in [0.29, 0.717) is 18.4 Å². The van der Waals surface area contributed by atoms with E-state index in [1.54, 1.807) is 4.90 Å². The predicted octanol–water partition coefficient (Wildman–Crippen LogP) is 2.41. The Hall–Kier alpha value is -3.94. The van der Waals surface area contributed by atoms with Gasteiger partial charge in [-0.1, -0.05) is 6.07 Å². The maximum absolute atomic E-state index is 13.7. The van der Waals surface area contributed by atoms with E-state index < -0.39 is 29.5 Å². The molecule has 0 unspecified atom stereocenters. The Bertz CT molecular complexity index is 1090. The van der Waals surface area contributed by atoms with Gasteiger partial charge in [0.15, 0.2) is 5.96 Å².